The van der Waals surface area contributed by atoms with Gasteiger partial charge in [-0.3, -0.25) is 14.4 Å². The Hall–Kier alpha value is -3.91. The Kier molecular flexibility index (Phi) is 9.54. The molecule has 2 N–H and O–H groups in total. The Bertz CT molecular complexity index is 1510. The van der Waals surface area contributed by atoms with Gasteiger partial charge in [-0.05, 0) is 78.9 Å². The molecule has 0 heterocycles. The van der Waals surface area contributed by atoms with Crippen molar-refractivity contribution in [2.24, 2.45) is 0 Å². The topological polar surface area (TPSA) is 75.3 Å². The second-order valence-electron chi connectivity index (χ2n) is 8.21. The Balaban J connectivity index is 1.47. The van der Waals surface area contributed by atoms with E-state index in [2.05, 4.69) is 10.6 Å². The van der Waals surface area contributed by atoms with Crippen LogP contribution < -0.4 is 10.6 Å². The largest absolute Gasteiger partial charge is 0.321 e. The number of carbonyl (C=O) groups excluding carboxylic acids is 3. The van der Waals surface area contributed by atoms with Crippen molar-refractivity contribution >= 4 is 64.3 Å². The van der Waals surface area contributed by atoms with Crippen LogP contribution in [0.2, 0.25) is 10.0 Å². The van der Waals surface area contributed by atoms with E-state index in [1.54, 1.807) is 78.9 Å². The lowest BCUT2D eigenvalue weighted by atomic mass is 10.1. The molecule has 0 aliphatic rings. The van der Waals surface area contributed by atoms with Crippen molar-refractivity contribution in [3.8, 4) is 0 Å². The Morgan fingerprint density at radius 3 is 2.15 bits per heavy atom. The van der Waals surface area contributed by atoms with Crippen LogP contribution in [0, 0.1) is 5.82 Å². The minimum absolute atomic E-state index is 0.0326. The average Bonchev–Trinajstić information content (AvgIpc) is 2.94. The van der Waals surface area contributed by atoms with Crippen LogP contribution in [0.4, 0.5) is 10.1 Å². The molecule has 4 aromatic rings. The number of amides is 2. The third-order valence-electron chi connectivity index (χ3n) is 5.47. The number of hydrogen-bond donors (Lipinski definition) is 2. The standard InChI is InChI=1S/C30H21Cl2FN2O3S/c31-21-11-9-19(10-12-21)28(36)18-39-23-15-13-22(14-16-23)34-30(38)27(17-24-25(32)7-4-8-26(24)33)35-29(37)20-5-2-1-3-6-20/h1-17H,18H2,(H,34,38)(H,35,37)/b27-17-. The number of halogens is 3. The smallest absolute Gasteiger partial charge is 0.272 e. The Morgan fingerprint density at radius 1 is 0.795 bits per heavy atom. The van der Waals surface area contributed by atoms with Gasteiger partial charge in [-0.25, -0.2) is 4.39 Å². The van der Waals surface area contributed by atoms with Crippen molar-refractivity contribution in [3.63, 3.8) is 0 Å². The first kappa shape index (κ1) is 28.1. The third kappa shape index (κ3) is 7.80. The summed E-state index contributed by atoms with van der Waals surface area (Å²) in [6.07, 6.45) is 1.19. The maximum atomic E-state index is 14.5. The molecule has 0 radical (unpaired) electrons. The maximum absolute atomic E-state index is 14.5. The van der Waals surface area contributed by atoms with Crippen LogP contribution in [0.5, 0.6) is 0 Å². The van der Waals surface area contributed by atoms with Gasteiger partial charge in [-0.2, -0.15) is 0 Å². The van der Waals surface area contributed by atoms with E-state index in [-0.39, 0.29) is 27.8 Å². The second-order valence-corrected chi connectivity index (χ2v) is 10.1. The van der Waals surface area contributed by atoms with E-state index >= 15 is 0 Å². The molecule has 0 fully saturated rings. The highest BCUT2D eigenvalue weighted by atomic mass is 35.5. The van der Waals surface area contributed by atoms with E-state index in [0.717, 1.165) is 4.90 Å². The summed E-state index contributed by atoms with van der Waals surface area (Å²) in [5, 5.41) is 5.91. The Labute approximate surface area is 239 Å². The van der Waals surface area contributed by atoms with Crippen LogP contribution >= 0.6 is 35.0 Å². The highest BCUT2D eigenvalue weighted by Gasteiger charge is 2.17. The number of benzene rings is 4. The SMILES string of the molecule is O=C(Nc1ccc(SCC(=O)c2ccc(Cl)cc2)cc1)/C(=C/c1c(F)cccc1Cl)NC(=O)c1ccccc1. The van der Waals surface area contributed by atoms with E-state index < -0.39 is 17.6 Å². The van der Waals surface area contributed by atoms with Crippen LogP contribution in [0.1, 0.15) is 26.3 Å². The van der Waals surface area contributed by atoms with E-state index in [9.17, 15) is 18.8 Å². The van der Waals surface area contributed by atoms with E-state index in [1.165, 1.54) is 36.0 Å². The van der Waals surface area contributed by atoms with Gasteiger partial charge >= 0.3 is 0 Å². The molecule has 5 nitrogen and oxygen atoms in total. The van der Waals surface area contributed by atoms with E-state index in [0.29, 0.717) is 21.8 Å². The van der Waals surface area contributed by atoms with E-state index in [1.807, 2.05) is 0 Å². The lowest BCUT2D eigenvalue weighted by Gasteiger charge is -2.12. The quantitative estimate of drug-likeness (QED) is 0.122. The Morgan fingerprint density at radius 2 is 1.49 bits per heavy atom. The molecule has 0 aromatic heterocycles. The molecule has 2 amide bonds. The number of hydrogen-bond acceptors (Lipinski definition) is 4. The lowest BCUT2D eigenvalue weighted by Crippen LogP contribution is -2.30. The van der Waals surface area contributed by atoms with Gasteiger partial charge in [0.05, 0.1) is 10.8 Å². The summed E-state index contributed by atoms with van der Waals surface area (Å²) in [6, 6.07) is 26.0. The van der Waals surface area contributed by atoms with Gasteiger partial charge < -0.3 is 10.6 Å². The zero-order valence-electron chi connectivity index (χ0n) is 20.3. The fraction of sp³-hybridized carbons (Fsp3) is 0.0333. The van der Waals surface area contributed by atoms with Crippen LogP contribution in [-0.4, -0.2) is 23.4 Å². The van der Waals surface area contributed by atoms with Crippen molar-refractivity contribution in [2.45, 2.75) is 4.90 Å². The molecule has 0 unspecified atom stereocenters. The molecule has 0 spiro atoms. The van der Waals surface area contributed by atoms with Crippen molar-refractivity contribution in [3.05, 3.63) is 135 Å². The van der Waals surface area contributed by atoms with Gasteiger partial charge in [-0.1, -0.05) is 47.5 Å². The normalized spacial score (nSPS) is 11.1. The van der Waals surface area contributed by atoms with Crippen LogP contribution in [0.3, 0.4) is 0 Å². The van der Waals surface area contributed by atoms with Crippen molar-refractivity contribution in [1.29, 1.82) is 0 Å². The molecule has 0 atom stereocenters. The van der Waals surface area contributed by atoms with Crippen molar-refractivity contribution in [1.82, 2.24) is 5.32 Å². The molecular weight excluding hydrogens is 558 g/mol. The van der Waals surface area contributed by atoms with Crippen LogP contribution in [0.15, 0.2) is 108 Å². The van der Waals surface area contributed by atoms with Crippen molar-refractivity contribution in [2.75, 3.05) is 11.1 Å². The highest BCUT2D eigenvalue weighted by molar-refractivity contribution is 8.00. The summed E-state index contributed by atoms with van der Waals surface area (Å²) < 4.78 is 14.5. The molecule has 9 heteroatoms. The first-order valence-corrected chi connectivity index (χ1v) is 13.4. The first-order valence-electron chi connectivity index (χ1n) is 11.7. The summed E-state index contributed by atoms with van der Waals surface area (Å²) in [4.78, 5) is 39.2. The minimum Gasteiger partial charge on any atom is -0.321 e. The van der Waals surface area contributed by atoms with Gasteiger partial charge in [0.1, 0.15) is 11.5 Å². The summed E-state index contributed by atoms with van der Waals surface area (Å²) in [5.41, 5.74) is 1.11. The molecule has 4 rings (SSSR count). The highest BCUT2D eigenvalue weighted by Crippen LogP contribution is 2.24. The predicted octanol–water partition coefficient (Wildman–Crippen LogP) is 7.52. The summed E-state index contributed by atoms with van der Waals surface area (Å²) in [5.74, 6) is -1.66. The average molecular weight is 579 g/mol. The molecule has 0 saturated carbocycles. The van der Waals surface area contributed by atoms with E-state index in [4.69, 9.17) is 23.2 Å². The number of Topliss-reactive ketones (excluding diaryl/α,β-unsaturated/α-hetero) is 1. The number of ketones is 1. The second kappa shape index (κ2) is 13.2. The zero-order valence-corrected chi connectivity index (χ0v) is 22.6. The van der Waals surface area contributed by atoms with Gasteiger partial charge in [0.2, 0.25) is 0 Å². The van der Waals surface area contributed by atoms with Crippen LogP contribution in [-0.2, 0) is 4.79 Å². The number of anilines is 1. The fourth-order valence-electron chi connectivity index (χ4n) is 3.44. The monoisotopic (exact) mass is 578 g/mol. The third-order valence-corrected chi connectivity index (χ3v) is 7.06. The molecular formula is C30H21Cl2FN2O3S. The molecule has 196 valence electrons. The molecule has 0 saturated heterocycles. The van der Waals surface area contributed by atoms with Gasteiger partial charge in [0, 0.05) is 32.3 Å². The van der Waals surface area contributed by atoms with Gasteiger partial charge in [0.25, 0.3) is 11.8 Å². The molecule has 39 heavy (non-hydrogen) atoms. The molecule has 0 aliphatic heterocycles. The molecule has 0 aliphatic carbocycles. The van der Waals surface area contributed by atoms with Crippen molar-refractivity contribution < 1.29 is 18.8 Å². The summed E-state index contributed by atoms with van der Waals surface area (Å²) in [6.45, 7) is 0. The number of carbonyl (C=O) groups is 3. The van der Waals surface area contributed by atoms with Gasteiger partial charge in [0.15, 0.2) is 5.78 Å². The predicted molar refractivity (Wildman–Crippen MR) is 155 cm³/mol. The molecule has 4 aromatic carbocycles. The number of thioether (sulfide) groups is 1. The zero-order chi connectivity index (χ0) is 27.8. The summed E-state index contributed by atoms with van der Waals surface area (Å²) >= 11 is 13.4. The minimum atomic E-state index is -0.670. The number of rotatable bonds is 9. The number of nitrogens with one attached hydrogen (secondary N) is 2. The lowest BCUT2D eigenvalue weighted by molar-refractivity contribution is -0.113. The van der Waals surface area contributed by atoms with Crippen LogP contribution in [0.25, 0.3) is 6.08 Å². The first-order chi connectivity index (χ1) is 18.8. The fourth-order valence-corrected chi connectivity index (χ4v) is 4.57. The molecule has 0 bridgehead atoms. The summed E-state index contributed by atoms with van der Waals surface area (Å²) in [7, 11) is 0. The van der Waals surface area contributed by atoms with Gasteiger partial charge in [-0.15, -0.1) is 11.8 Å². The maximum Gasteiger partial charge on any atom is 0.272 e.